The quantitative estimate of drug-likeness (QED) is 0.551. The van der Waals surface area contributed by atoms with Crippen molar-refractivity contribution in [3.8, 4) is 0 Å². The topological polar surface area (TPSA) is 72.7 Å². The Labute approximate surface area is 168 Å². The predicted molar refractivity (Wildman–Crippen MR) is 110 cm³/mol. The van der Waals surface area contributed by atoms with Gasteiger partial charge in [0.2, 0.25) is 0 Å². The van der Waals surface area contributed by atoms with Crippen LogP contribution in [0.4, 0.5) is 0 Å². The summed E-state index contributed by atoms with van der Waals surface area (Å²) in [5.41, 5.74) is 4.83. The molecule has 2 heterocycles. The van der Waals surface area contributed by atoms with Gasteiger partial charge in [-0.05, 0) is 36.1 Å². The number of rotatable bonds is 6. The number of nitrogens with zero attached hydrogens (tertiary/aromatic N) is 4. The van der Waals surface area contributed by atoms with E-state index in [2.05, 4.69) is 27.5 Å². The second kappa shape index (κ2) is 7.47. The summed E-state index contributed by atoms with van der Waals surface area (Å²) in [6, 6.07) is 18.0. The number of pyridine rings is 1. The molecular formula is C23H21N5O. The van der Waals surface area contributed by atoms with Crippen LogP contribution in [0.15, 0.2) is 67.3 Å². The molecule has 0 aliphatic heterocycles. The minimum atomic E-state index is -0.0582. The molecule has 1 aliphatic rings. The van der Waals surface area contributed by atoms with Crippen molar-refractivity contribution in [3.05, 3.63) is 89.6 Å². The van der Waals surface area contributed by atoms with Crippen LogP contribution in [0, 0.1) is 0 Å². The molecule has 0 spiro atoms. The summed E-state index contributed by atoms with van der Waals surface area (Å²) in [4.78, 5) is 21.7. The number of para-hydroxylation sites is 1. The molecule has 0 radical (unpaired) electrons. The predicted octanol–water partition coefficient (Wildman–Crippen LogP) is 3.68. The molecule has 1 amide bonds. The van der Waals surface area contributed by atoms with Gasteiger partial charge in [-0.3, -0.25) is 9.78 Å². The van der Waals surface area contributed by atoms with Crippen molar-refractivity contribution >= 4 is 16.8 Å². The van der Waals surface area contributed by atoms with Crippen LogP contribution in [-0.2, 0) is 13.1 Å². The lowest BCUT2D eigenvalue weighted by Crippen LogP contribution is -2.23. The maximum atomic E-state index is 12.9. The molecule has 29 heavy (non-hydrogen) atoms. The van der Waals surface area contributed by atoms with E-state index < -0.39 is 0 Å². The van der Waals surface area contributed by atoms with Crippen molar-refractivity contribution in [2.24, 2.45) is 0 Å². The van der Waals surface area contributed by atoms with E-state index in [9.17, 15) is 4.79 Å². The lowest BCUT2D eigenvalue weighted by Gasteiger charge is -2.11. The fraction of sp³-hybridized carbons (Fsp3) is 0.217. The summed E-state index contributed by atoms with van der Waals surface area (Å²) in [5.74, 6) is 0.445. The molecule has 0 unspecified atom stereocenters. The molecule has 0 bridgehead atoms. The third-order valence-corrected chi connectivity index (χ3v) is 5.26. The Morgan fingerprint density at radius 3 is 2.62 bits per heavy atom. The SMILES string of the molecule is O=C(NCc1ccc(Cn2cncn2)cc1)c1cc(C2CC2)nc2ccccc12. The molecule has 6 heteroatoms. The first-order valence-electron chi connectivity index (χ1n) is 9.84. The van der Waals surface area contributed by atoms with Gasteiger partial charge in [0.15, 0.2) is 0 Å². The molecule has 1 aliphatic carbocycles. The van der Waals surface area contributed by atoms with Crippen LogP contribution in [0.3, 0.4) is 0 Å². The Kier molecular flexibility index (Phi) is 4.52. The summed E-state index contributed by atoms with van der Waals surface area (Å²) in [6.45, 7) is 1.16. The highest BCUT2D eigenvalue weighted by Crippen LogP contribution is 2.40. The lowest BCUT2D eigenvalue weighted by molar-refractivity contribution is 0.0952. The first-order valence-corrected chi connectivity index (χ1v) is 9.84. The van der Waals surface area contributed by atoms with E-state index in [-0.39, 0.29) is 5.91 Å². The molecule has 6 nitrogen and oxygen atoms in total. The zero-order chi connectivity index (χ0) is 19.6. The summed E-state index contributed by atoms with van der Waals surface area (Å²) >= 11 is 0. The van der Waals surface area contributed by atoms with E-state index in [4.69, 9.17) is 4.98 Å². The fourth-order valence-corrected chi connectivity index (χ4v) is 3.51. The summed E-state index contributed by atoms with van der Waals surface area (Å²) in [6.07, 6.45) is 5.55. The molecule has 2 aromatic heterocycles. The summed E-state index contributed by atoms with van der Waals surface area (Å²) < 4.78 is 1.78. The van der Waals surface area contributed by atoms with Gasteiger partial charge in [-0.2, -0.15) is 5.10 Å². The van der Waals surface area contributed by atoms with Gasteiger partial charge in [-0.1, -0.05) is 42.5 Å². The van der Waals surface area contributed by atoms with Crippen LogP contribution in [-0.4, -0.2) is 25.7 Å². The van der Waals surface area contributed by atoms with Crippen molar-refractivity contribution < 1.29 is 4.79 Å². The molecule has 0 atom stereocenters. The van der Waals surface area contributed by atoms with Crippen molar-refractivity contribution in [1.82, 2.24) is 25.1 Å². The minimum absolute atomic E-state index is 0.0582. The van der Waals surface area contributed by atoms with Gasteiger partial charge in [-0.25, -0.2) is 9.67 Å². The number of hydrogen-bond acceptors (Lipinski definition) is 4. The summed E-state index contributed by atoms with van der Waals surface area (Å²) in [5, 5.41) is 8.08. The van der Waals surface area contributed by atoms with Crippen LogP contribution in [0.2, 0.25) is 0 Å². The zero-order valence-electron chi connectivity index (χ0n) is 16.0. The molecule has 1 saturated carbocycles. The van der Waals surface area contributed by atoms with E-state index in [1.807, 2.05) is 42.5 Å². The number of hydrogen-bond donors (Lipinski definition) is 1. The smallest absolute Gasteiger partial charge is 0.252 e. The van der Waals surface area contributed by atoms with E-state index in [1.54, 1.807) is 11.0 Å². The average molecular weight is 383 g/mol. The number of carbonyl (C=O) groups is 1. The molecule has 144 valence electrons. The van der Waals surface area contributed by atoms with Gasteiger partial charge < -0.3 is 5.32 Å². The molecule has 1 N–H and O–H groups in total. The Morgan fingerprint density at radius 1 is 1.07 bits per heavy atom. The Bertz CT molecular complexity index is 1150. The Morgan fingerprint density at radius 2 is 1.86 bits per heavy atom. The van der Waals surface area contributed by atoms with Gasteiger partial charge in [0.25, 0.3) is 5.91 Å². The van der Waals surface area contributed by atoms with Crippen LogP contribution in [0.25, 0.3) is 10.9 Å². The first kappa shape index (κ1) is 17.6. The number of fused-ring (bicyclic) bond motifs is 1. The van der Waals surface area contributed by atoms with Crippen molar-refractivity contribution in [2.75, 3.05) is 0 Å². The highest BCUT2D eigenvalue weighted by Gasteiger charge is 2.26. The van der Waals surface area contributed by atoms with Crippen molar-refractivity contribution in [1.29, 1.82) is 0 Å². The fourth-order valence-electron chi connectivity index (χ4n) is 3.51. The van der Waals surface area contributed by atoms with E-state index >= 15 is 0 Å². The Hall–Kier alpha value is -3.54. The lowest BCUT2D eigenvalue weighted by atomic mass is 10.0. The molecule has 2 aromatic carbocycles. The van der Waals surface area contributed by atoms with Gasteiger partial charge >= 0.3 is 0 Å². The van der Waals surface area contributed by atoms with Crippen LogP contribution in [0.5, 0.6) is 0 Å². The maximum absolute atomic E-state index is 12.9. The average Bonchev–Trinajstić information content (AvgIpc) is 3.49. The molecule has 0 saturated heterocycles. The van der Waals surface area contributed by atoms with Gasteiger partial charge in [0, 0.05) is 23.5 Å². The minimum Gasteiger partial charge on any atom is -0.348 e. The van der Waals surface area contributed by atoms with Crippen LogP contribution >= 0.6 is 0 Å². The zero-order valence-corrected chi connectivity index (χ0v) is 16.0. The first-order chi connectivity index (χ1) is 14.3. The van der Waals surface area contributed by atoms with Crippen LogP contribution < -0.4 is 5.32 Å². The van der Waals surface area contributed by atoms with Crippen molar-refractivity contribution in [2.45, 2.75) is 31.8 Å². The third-order valence-electron chi connectivity index (χ3n) is 5.26. The number of nitrogens with one attached hydrogen (secondary N) is 1. The van der Waals surface area contributed by atoms with Crippen molar-refractivity contribution in [3.63, 3.8) is 0 Å². The molecule has 1 fully saturated rings. The summed E-state index contributed by atoms with van der Waals surface area (Å²) in [7, 11) is 0. The third kappa shape index (κ3) is 3.87. The second-order valence-electron chi connectivity index (χ2n) is 7.48. The number of benzene rings is 2. The highest BCUT2D eigenvalue weighted by atomic mass is 16.1. The second-order valence-corrected chi connectivity index (χ2v) is 7.48. The van der Waals surface area contributed by atoms with Gasteiger partial charge in [0.1, 0.15) is 12.7 Å². The van der Waals surface area contributed by atoms with Gasteiger partial charge in [0.05, 0.1) is 17.6 Å². The monoisotopic (exact) mass is 383 g/mol. The number of carbonyl (C=O) groups excluding carboxylic acids is 1. The normalized spacial score (nSPS) is 13.5. The number of aromatic nitrogens is 4. The standard InChI is InChI=1S/C23H21N5O/c29-23(20-11-22(18-9-10-18)27-21-4-2-1-3-19(20)21)25-12-16-5-7-17(8-6-16)13-28-15-24-14-26-28/h1-8,11,14-15,18H,9-10,12-13H2,(H,25,29). The van der Waals surface area contributed by atoms with E-state index in [0.29, 0.717) is 24.6 Å². The molecule has 4 aromatic rings. The molecule has 5 rings (SSSR count). The highest BCUT2D eigenvalue weighted by molar-refractivity contribution is 6.06. The number of amides is 1. The maximum Gasteiger partial charge on any atom is 0.252 e. The van der Waals surface area contributed by atoms with Crippen LogP contribution in [0.1, 0.15) is 45.9 Å². The molecular weight excluding hydrogens is 362 g/mol. The van der Waals surface area contributed by atoms with Gasteiger partial charge in [-0.15, -0.1) is 0 Å². The van der Waals surface area contributed by atoms with E-state index in [0.717, 1.165) is 40.6 Å². The Balaban J connectivity index is 1.30. The van der Waals surface area contributed by atoms with E-state index in [1.165, 1.54) is 6.33 Å². The largest absolute Gasteiger partial charge is 0.348 e.